The van der Waals surface area contributed by atoms with E-state index in [-0.39, 0.29) is 0 Å². The van der Waals surface area contributed by atoms with Gasteiger partial charge in [0.1, 0.15) is 0 Å². The summed E-state index contributed by atoms with van der Waals surface area (Å²) in [6, 6.07) is 0. The molecule has 0 aliphatic carbocycles. The Morgan fingerprint density at radius 3 is 2.69 bits per heavy atom. The molecule has 2 unspecified atom stereocenters. The Bertz CT molecular complexity index is 188. The van der Waals surface area contributed by atoms with Gasteiger partial charge in [-0.05, 0) is 44.6 Å². The first-order valence-corrected chi connectivity index (χ1v) is 5.87. The van der Waals surface area contributed by atoms with E-state index in [1.807, 2.05) is 0 Å². The molecule has 0 bridgehead atoms. The van der Waals surface area contributed by atoms with Crippen molar-refractivity contribution < 1.29 is 0 Å². The maximum Gasteiger partial charge on any atom is 0.0184 e. The summed E-state index contributed by atoms with van der Waals surface area (Å²) >= 11 is 0. The van der Waals surface area contributed by atoms with Gasteiger partial charge in [-0.25, -0.2) is 0 Å². The van der Waals surface area contributed by atoms with E-state index >= 15 is 0 Å². The minimum absolute atomic E-state index is 0.577. The van der Waals surface area contributed by atoms with Crippen LogP contribution < -0.4 is 0 Å². The van der Waals surface area contributed by atoms with Gasteiger partial charge in [0.2, 0.25) is 0 Å². The summed E-state index contributed by atoms with van der Waals surface area (Å²) in [7, 11) is 0. The van der Waals surface area contributed by atoms with E-state index < -0.39 is 0 Å². The molecule has 0 saturated carbocycles. The van der Waals surface area contributed by atoms with Gasteiger partial charge in [-0.1, -0.05) is 20.3 Å². The third-order valence-electron chi connectivity index (χ3n) is 4.26. The van der Waals surface area contributed by atoms with Gasteiger partial charge in [0.05, 0.1) is 0 Å². The van der Waals surface area contributed by atoms with Gasteiger partial charge in [-0.15, -0.1) is 0 Å². The number of piperidine rings is 1. The van der Waals surface area contributed by atoms with E-state index in [0.29, 0.717) is 5.54 Å². The standard InChI is InChI=1S/C12H23N/c1-10(2)11-8-12(3)6-4-5-7-13(12)9-11/h10-11H,4-9H2,1-3H3. The second-order valence-corrected chi connectivity index (χ2v) is 5.61. The second kappa shape index (κ2) is 3.27. The zero-order chi connectivity index (χ0) is 9.47. The molecule has 0 spiro atoms. The van der Waals surface area contributed by atoms with E-state index in [4.69, 9.17) is 0 Å². The molecule has 0 radical (unpaired) electrons. The first kappa shape index (κ1) is 9.51. The molecule has 0 amide bonds. The van der Waals surface area contributed by atoms with Crippen molar-refractivity contribution in [2.75, 3.05) is 13.1 Å². The molecule has 0 aromatic heterocycles. The highest BCUT2D eigenvalue weighted by atomic mass is 15.2. The predicted octanol–water partition coefficient (Wildman–Crippen LogP) is 2.91. The predicted molar refractivity (Wildman–Crippen MR) is 56.8 cm³/mol. The van der Waals surface area contributed by atoms with Crippen LogP contribution in [0.2, 0.25) is 0 Å². The number of nitrogens with zero attached hydrogens (tertiary/aromatic N) is 1. The Kier molecular flexibility index (Phi) is 2.39. The number of rotatable bonds is 1. The molecular weight excluding hydrogens is 158 g/mol. The summed E-state index contributed by atoms with van der Waals surface area (Å²) in [5.74, 6) is 1.84. The van der Waals surface area contributed by atoms with Crippen molar-refractivity contribution in [3.05, 3.63) is 0 Å². The fraction of sp³-hybridized carbons (Fsp3) is 1.00. The molecule has 2 atom stereocenters. The highest BCUT2D eigenvalue weighted by Crippen LogP contribution is 2.42. The van der Waals surface area contributed by atoms with Crippen molar-refractivity contribution in [1.82, 2.24) is 4.90 Å². The van der Waals surface area contributed by atoms with Crippen LogP contribution in [0, 0.1) is 11.8 Å². The molecule has 1 nitrogen and oxygen atoms in total. The third-order valence-corrected chi connectivity index (χ3v) is 4.26. The molecule has 2 aliphatic rings. The summed E-state index contributed by atoms with van der Waals surface area (Å²) in [4.78, 5) is 2.75. The summed E-state index contributed by atoms with van der Waals surface area (Å²) < 4.78 is 0. The van der Waals surface area contributed by atoms with Crippen LogP contribution in [0.4, 0.5) is 0 Å². The van der Waals surface area contributed by atoms with Crippen molar-refractivity contribution in [3.8, 4) is 0 Å². The Morgan fingerprint density at radius 1 is 1.31 bits per heavy atom. The van der Waals surface area contributed by atoms with Crippen molar-refractivity contribution in [2.45, 2.75) is 52.0 Å². The number of fused-ring (bicyclic) bond motifs is 1. The minimum atomic E-state index is 0.577. The lowest BCUT2D eigenvalue weighted by atomic mass is 9.83. The quantitative estimate of drug-likeness (QED) is 0.601. The minimum Gasteiger partial charge on any atom is -0.298 e. The maximum absolute atomic E-state index is 2.75. The van der Waals surface area contributed by atoms with Gasteiger partial charge in [0.25, 0.3) is 0 Å². The smallest absolute Gasteiger partial charge is 0.0184 e. The summed E-state index contributed by atoms with van der Waals surface area (Å²) in [6.45, 7) is 9.97. The van der Waals surface area contributed by atoms with E-state index in [1.54, 1.807) is 0 Å². The molecule has 0 aromatic carbocycles. The molecule has 0 N–H and O–H groups in total. The van der Waals surface area contributed by atoms with Crippen LogP contribution in [0.1, 0.15) is 46.5 Å². The fourth-order valence-electron chi connectivity index (χ4n) is 3.14. The Hall–Kier alpha value is -0.0400. The molecule has 1 heteroatoms. The fourth-order valence-corrected chi connectivity index (χ4v) is 3.14. The van der Waals surface area contributed by atoms with Crippen LogP contribution in [0.3, 0.4) is 0 Å². The molecule has 13 heavy (non-hydrogen) atoms. The highest BCUT2D eigenvalue weighted by molar-refractivity contribution is 4.98. The number of hydrogen-bond acceptors (Lipinski definition) is 1. The van der Waals surface area contributed by atoms with Crippen LogP contribution in [0.25, 0.3) is 0 Å². The molecule has 76 valence electrons. The van der Waals surface area contributed by atoms with E-state index in [1.165, 1.54) is 38.8 Å². The molecule has 2 aliphatic heterocycles. The van der Waals surface area contributed by atoms with E-state index in [9.17, 15) is 0 Å². The van der Waals surface area contributed by atoms with Crippen LogP contribution in [-0.4, -0.2) is 23.5 Å². The SMILES string of the molecule is CC(C)C1CN2CCCCC2(C)C1. The van der Waals surface area contributed by atoms with Crippen LogP contribution in [0.5, 0.6) is 0 Å². The van der Waals surface area contributed by atoms with E-state index in [0.717, 1.165) is 11.8 Å². The Morgan fingerprint density at radius 2 is 2.08 bits per heavy atom. The number of hydrogen-bond donors (Lipinski definition) is 0. The van der Waals surface area contributed by atoms with Crippen molar-refractivity contribution in [3.63, 3.8) is 0 Å². The van der Waals surface area contributed by atoms with Crippen molar-refractivity contribution >= 4 is 0 Å². The highest BCUT2D eigenvalue weighted by Gasteiger charge is 2.43. The first-order chi connectivity index (χ1) is 6.12. The lowest BCUT2D eigenvalue weighted by molar-refractivity contribution is 0.107. The molecule has 0 aromatic rings. The largest absolute Gasteiger partial charge is 0.298 e. The third kappa shape index (κ3) is 1.63. The normalized spacial score (nSPS) is 41.1. The van der Waals surface area contributed by atoms with Gasteiger partial charge in [0.15, 0.2) is 0 Å². The van der Waals surface area contributed by atoms with Crippen LogP contribution in [0.15, 0.2) is 0 Å². The van der Waals surface area contributed by atoms with Gasteiger partial charge >= 0.3 is 0 Å². The monoisotopic (exact) mass is 181 g/mol. The van der Waals surface area contributed by atoms with Crippen molar-refractivity contribution in [2.24, 2.45) is 11.8 Å². The summed E-state index contributed by atoms with van der Waals surface area (Å²) in [5, 5.41) is 0. The average molecular weight is 181 g/mol. The zero-order valence-electron chi connectivity index (χ0n) is 9.34. The maximum atomic E-state index is 2.75. The van der Waals surface area contributed by atoms with Gasteiger partial charge in [0, 0.05) is 12.1 Å². The Labute approximate surface area is 82.5 Å². The second-order valence-electron chi connectivity index (χ2n) is 5.61. The molecular formula is C12H23N. The molecule has 2 rings (SSSR count). The topological polar surface area (TPSA) is 3.24 Å². The van der Waals surface area contributed by atoms with Crippen LogP contribution in [-0.2, 0) is 0 Å². The lowest BCUT2D eigenvalue weighted by Crippen LogP contribution is -2.44. The summed E-state index contributed by atoms with van der Waals surface area (Å²) in [5.41, 5.74) is 0.577. The first-order valence-electron chi connectivity index (χ1n) is 5.87. The zero-order valence-corrected chi connectivity index (χ0v) is 9.34. The van der Waals surface area contributed by atoms with Gasteiger partial charge in [-0.3, -0.25) is 4.90 Å². The summed E-state index contributed by atoms with van der Waals surface area (Å²) in [6.07, 6.45) is 5.78. The Balaban J connectivity index is 2.06. The lowest BCUT2D eigenvalue weighted by Gasteiger charge is -2.39. The van der Waals surface area contributed by atoms with Crippen LogP contribution >= 0.6 is 0 Å². The average Bonchev–Trinajstić information content (AvgIpc) is 2.41. The molecule has 2 saturated heterocycles. The van der Waals surface area contributed by atoms with Crippen molar-refractivity contribution in [1.29, 1.82) is 0 Å². The molecule has 2 heterocycles. The molecule has 2 fully saturated rings. The van der Waals surface area contributed by atoms with Gasteiger partial charge in [-0.2, -0.15) is 0 Å². The van der Waals surface area contributed by atoms with Gasteiger partial charge < -0.3 is 0 Å². The van der Waals surface area contributed by atoms with E-state index in [2.05, 4.69) is 25.7 Å².